The molecule has 0 aliphatic heterocycles. The number of hydrogen-bond donors (Lipinski definition) is 3. The summed E-state index contributed by atoms with van der Waals surface area (Å²) in [7, 11) is 1.85. The first-order valence-corrected chi connectivity index (χ1v) is 9.95. The summed E-state index contributed by atoms with van der Waals surface area (Å²) in [5.74, 6) is 1.29. The van der Waals surface area contributed by atoms with Gasteiger partial charge in [0.05, 0.1) is 11.8 Å². The number of aromatic nitrogens is 5. The van der Waals surface area contributed by atoms with E-state index in [0.29, 0.717) is 29.6 Å². The third-order valence-electron chi connectivity index (χ3n) is 4.66. The average Bonchev–Trinajstić information content (AvgIpc) is 3.14. The first-order chi connectivity index (χ1) is 14.9. The van der Waals surface area contributed by atoms with E-state index in [1.54, 1.807) is 36.1 Å². The number of aliphatic hydroxyl groups is 1. The van der Waals surface area contributed by atoms with E-state index < -0.39 is 6.10 Å². The smallest absolute Gasteiger partial charge is 0.163 e. The number of rotatable bonds is 6. The molecule has 0 bridgehead atoms. The number of pyridine rings is 1. The molecule has 1 aromatic carbocycles. The quantitative estimate of drug-likeness (QED) is 0.442. The number of nitrogens with one attached hydrogen (secondary N) is 1. The predicted octanol–water partition coefficient (Wildman–Crippen LogP) is 3.41. The van der Waals surface area contributed by atoms with Crippen LogP contribution in [0.25, 0.3) is 33.9 Å². The van der Waals surface area contributed by atoms with Crippen molar-refractivity contribution >= 4 is 5.82 Å². The summed E-state index contributed by atoms with van der Waals surface area (Å²) < 4.78 is 1.72. The van der Waals surface area contributed by atoms with Gasteiger partial charge in [-0.3, -0.25) is 9.67 Å². The van der Waals surface area contributed by atoms with Crippen LogP contribution in [0.2, 0.25) is 0 Å². The number of aromatic hydroxyl groups is 1. The molecule has 3 N–H and O–H groups in total. The van der Waals surface area contributed by atoms with Crippen molar-refractivity contribution in [2.75, 3.05) is 11.9 Å². The fraction of sp³-hybridized carbons (Fsp3) is 0.217. The van der Waals surface area contributed by atoms with Crippen LogP contribution in [0.1, 0.15) is 12.5 Å². The van der Waals surface area contributed by atoms with Crippen LogP contribution in [0.15, 0.2) is 55.0 Å². The highest BCUT2D eigenvalue weighted by Gasteiger charge is 2.17. The van der Waals surface area contributed by atoms with Crippen LogP contribution in [-0.2, 0) is 7.05 Å². The molecule has 0 fully saturated rings. The molecule has 0 amide bonds. The lowest BCUT2D eigenvalue weighted by Crippen LogP contribution is -2.16. The molecule has 3 aromatic heterocycles. The second kappa shape index (κ2) is 8.53. The lowest BCUT2D eigenvalue weighted by atomic mass is 10.0. The standard InChI is InChI=1S/C23H24N6O2/c1-14-7-17(9-18(31)8-14)22-19(13-29(3)28-22)20-10-21(25-11-15(2)30)27-23(26-20)16-5-4-6-24-12-16/h4-10,12-13,15,30-31H,11H2,1-3H3,(H,25,26,27)/t15-/m0/s1. The van der Waals surface area contributed by atoms with Gasteiger partial charge in [-0.25, -0.2) is 9.97 Å². The number of benzene rings is 1. The molecule has 4 rings (SSSR count). The first kappa shape index (κ1) is 20.5. The van der Waals surface area contributed by atoms with Crippen LogP contribution in [0, 0.1) is 6.92 Å². The highest BCUT2D eigenvalue weighted by Crippen LogP contribution is 2.34. The topological polar surface area (TPSA) is 109 Å². The molecule has 0 radical (unpaired) electrons. The summed E-state index contributed by atoms with van der Waals surface area (Å²) in [6.07, 6.45) is 4.77. The van der Waals surface area contributed by atoms with E-state index >= 15 is 0 Å². The van der Waals surface area contributed by atoms with E-state index in [-0.39, 0.29) is 5.75 Å². The number of aliphatic hydroxyl groups excluding tert-OH is 1. The molecule has 0 saturated heterocycles. The van der Waals surface area contributed by atoms with E-state index in [2.05, 4.69) is 20.4 Å². The molecule has 3 heterocycles. The zero-order valence-electron chi connectivity index (χ0n) is 17.6. The van der Waals surface area contributed by atoms with Gasteiger partial charge in [0.15, 0.2) is 5.82 Å². The van der Waals surface area contributed by atoms with E-state index in [1.807, 2.05) is 44.4 Å². The Morgan fingerprint density at radius 2 is 1.97 bits per heavy atom. The van der Waals surface area contributed by atoms with Crippen molar-refractivity contribution in [1.82, 2.24) is 24.7 Å². The Morgan fingerprint density at radius 1 is 1.13 bits per heavy atom. The Bertz CT molecular complexity index is 1180. The number of aryl methyl sites for hydroxylation is 2. The van der Waals surface area contributed by atoms with Crippen LogP contribution in [0.3, 0.4) is 0 Å². The molecule has 4 aromatic rings. The number of nitrogens with zero attached hydrogens (tertiary/aromatic N) is 5. The van der Waals surface area contributed by atoms with Crippen molar-refractivity contribution in [2.24, 2.45) is 7.05 Å². The SMILES string of the molecule is Cc1cc(O)cc(-c2nn(C)cc2-c2cc(NC[C@H](C)O)nc(-c3cccnc3)n2)c1. The third kappa shape index (κ3) is 4.70. The lowest BCUT2D eigenvalue weighted by molar-refractivity contribution is 0.208. The summed E-state index contributed by atoms with van der Waals surface area (Å²) in [5, 5.41) is 27.5. The van der Waals surface area contributed by atoms with E-state index in [0.717, 1.165) is 22.3 Å². The fourth-order valence-electron chi connectivity index (χ4n) is 3.34. The lowest BCUT2D eigenvalue weighted by Gasteiger charge is -2.12. The minimum absolute atomic E-state index is 0.185. The number of anilines is 1. The molecule has 0 spiro atoms. The maximum atomic E-state index is 10.1. The Morgan fingerprint density at radius 3 is 2.68 bits per heavy atom. The average molecular weight is 416 g/mol. The van der Waals surface area contributed by atoms with Crippen LogP contribution in [-0.4, -0.2) is 47.6 Å². The molecule has 0 unspecified atom stereocenters. The van der Waals surface area contributed by atoms with Gasteiger partial charge in [0.1, 0.15) is 17.3 Å². The first-order valence-electron chi connectivity index (χ1n) is 9.95. The van der Waals surface area contributed by atoms with Gasteiger partial charge in [-0.1, -0.05) is 0 Å². The Labute approximate surface area is 180 Å². The minimum Gasteiger partial charge on any atom is -0.508 e. The van der Waals surface area contributed by atoms with Crippen molar-refractivity contribution < 1.29 is 10.2 Å². The molecular formula is C23H24N6O2. The molecule has 0 saturated carbocycles. The van der Waals surface area contributed by atoms with Crippen LogP contribution in [0.4, 0.5) is 5.82 Å². The van der Waals surface area contributed by atoms with Gasteiger partial charge in [0.25, 0.3) is 0 Å². The molecule has 8 heteroatoms. The number of hydrogen-bond acceptors (Lipinski definition) is 7. The zero-order valence-corrected chi connectivity index (χ0v) is 17.6. The fourth-order valence-corrected chi connectivity index (χ4v) is 3.34. The van der Waals surface area contributed by atoms with Gasteiger partial charge in [-0.05, 0) is 49.7 Å². The van der Waals surface area contributed by atoms with Crippen molar-refractivity contribution in [3.8, 4) is 39.7 Å². The van der Waals surface area contributed by atoms with Crippen molar-refractivity contribution in [2.45, 2.75) is 20.0 Å². The van der Waals surface area contributed by atoms with Crippen LogP contribution < -0.4 is 5.32 Å². The molecule has 0 aliphatic carbocycles. The number of phenols is 1. The molecular weight excluding hydrogens is 392 g/mol. The van der Waals surface area contributed by atoms with Crippen molar-refractivity contribution in [3.63, 3.8) is 0 Å². The third-order valence-corrected chi connectivity index (χ3v) is 4.66. The maximum absolute atomic E-state index is 10.1. The van der Waals surface area contributed by atoms with Crippen LogP contribution in [0.5, 0.6) is 5.75 Å². The van der Waals surface area contributed by atoms with Gasteiger partial charge < -0.3 is 15.5 Å². The zero-order chi connectivity index (χ0) is 22.0. The Kier molecular flexibility index (Phi) is 5.64. The molecule has 158 valence electrons. The van der Waals surface area contributed by atoms with Crippen LogP contribution >= 0.6 is 0 Å². The summed E-state index contributed by atoms with van der Waals surface area (Å²) in [6, 6.07) is 10.9. The monoisotopic (exact) mass is 416 g/mol. The molecule has 1 atom stereocenters. The second-order valence-corrected chi connectivity index (χ2v) is 7.56. The summed E-state index contributed by atoms with van der Waals surface area (Å²) in [4.78, 5) is 13.5. The largest absolute Gasteiger partial charge is 0.508 e. The predicted molar refractivity (Wildman–Crippen MR) is 119 cm³/mol. The molecule has 0 aliphatic rings. The maximum Gasteiger partial charge on any atom is 0.163 e. The van der Waals surface area contributed by atoms with E-state index in [1.165, 1.54) is 0 Å². The number of phenolic OH excluding ortho intramolecular Hbond substituents is 1. The van der Waals surface area contributed by atoms with E-state index in [4.69, 9.17) is 4.98 Å². The highest BCUT2D eigenvalue weighted by molar-refractivity contribution is 5.81. The van der Waals surface area contributed by atoms with Crippen molar-refractivity contribution in [1.29, 1.82) is 0 Å². The summed E-state index contributed by atoms with van der Waals surface area (Å²) in [6.45, 7) is 3.99. The van der Waals surface area contributed by atoms with Crippen molar-refractivity contribution in [3.05, 3.63) is 60.6 Å². The Hall–Kier alpha value is -3.78. The molecule has 8 nitrogen and oxygen atoms in total. The van der Waals surface area contributed by atoms with Gasteiger partial charge >= 0.3 is 0 Å². The normalized spacial score (nSPS) is 12.0. The summed E-state index contributed by atoms with van der Waals surface area (Å²) >= 11 is 0. The molecule has 31 heavy (non-hydrogen) atoms. The Balaban J connectivity index is 1.86. The second-order valence-electron chi connectivity index (χ2n) is 7.56. The van der Waals surface area contributed by atoms with Gasteiger partial charge in [0.2, 0.25) is 0 Å². The van der Waals surface area contributed by atoms with Gasteiger partial charge in [-0.2, -0.15) is 5.10 Å². The van der Waals surface area contributed by atoms with E-state index in [9.17, 15) is 10.2 Å². The summed E-state index contributed by atoms with van der Waals surface area (Å²) in [5.41, 5.74) is 4.70. The minimum atomic E-state index is -0.524. The van der Waals surface area contributed by atoms with Gasteiger partial charge in [0, 0.05) is 54.9 Å². The highest BCUT2D eigenvalue weighted by atomic mass is 16.3. The van der Waals surface area contributed by atoms with Gasteiger partial charge in [-0.15, -0.1) is 0 Å².